The molecule has 1 atom stereocenters. The van der Waals surface area contributed by atoms with Crippen LogP contribution in [-0.2, 0) is 10.0 Å². The van der Waals surface area contributed by atoms with Crippen molar-refractivity contribution in [3.63, 3.8) is 0 Å². The van der Waals surface area contributed by atoms with Crippen LogP contribution in [0.1, 0.15) is 30.1 Å². The van der Waals surface area contributed by atoms with Gasteiger partial charge in [0.05, 0.1) is 10.5 Å². The van der Waals surface area contributed by atoms with Gasteiger partial charge in [0.1, 0.15) is 0 Å². The van der Waals surface area contributed by atoms with Gasteiger partial charge in [0.15, 0.2) is 0 Å². The summed E-state index contributed by atoms with van der Waals surface area (Å²) in [5.74, 6) is -0.260. The van der Waals surface area contributed by atoms with Crippen molar-refractivity contribution >= 4 is 15.9 Å². The van der Waals surface area contributed by atoms with Gasteiger partial charge >= 0.3 is 0 Å². The monoisotopic (exact) mass is 268 g/mol. The third-order valence-electron chi connectivity index (χ3n) is 3.24. The van der Waals surface area contributed by atoms with Crippen LogP contribution >= 0.6 is 0 Å². The van der Waals surface area contributed by atoms with E-state index in [-0.39, 0.29) is 22.4 Å². The number of benzene rings is 1. The number of likely N-dealkylation sites (tertiary alicyclic amines) is 1. The van der Waals surface area contributed by atoms with Gasteiger partial charge in [0, 0.05) is 12.6 Å². The van der Waals surface area contributed by atoms with E-state index >= 15 is 0 Å². The molecular formula is C12H16N2O3S. The Morgan fingerprint density at radius 3 is 2.61 bits per heavy atom. The van der Waals surface area contributed by atoms with Crippen LogP contribution in [0.2, 0.25) is 0 Å². The third-order valence-corrected chi connectivity index (χ3v) is 4.21. The van der Waals surface area contributed by atoms with E-state index in [1.54, 1.807) is 17.0 Å². The SMILES string of the molecule is CC1CCCN1C(=O)c1ccccc1S(N)(=O)=O. The van der Waals surface area contributed by atoms with Crippen molar-refractivity contribution in [3.8, 4) is 0 Å². The predicted molar refractivity (Wildman–Crippen MR) is 67.5 cm³/mol. The summed E-state index contributed by atoms with van der Waals surface area (Å²) in [5.41, 5.74) is 0.161. The fourth-order valence-electron chi connectivity index (χ4n) is 2.28. The van der Waals surface area contributed by atoms with Crippen molar-refractivity contribution in [1.82, 2.24) is 4.90 Å². The lowest BCUT2D eigenvalue weighted by atomic mass is 10.2. The van der Waals surface area contributed by atoms with Crippen molar-refractivity contribution in [2.45, 2.75) is 30.7 Å². The maximum atomic E-state index is 12.3. The Labute approximate surface area is 107 Å². The zero-order chi connectivity index (χ0) is 13.3. The summed E-state index contributed by atoms with van der Waals surface area (Å²) in [7, 11) is -3.87. The zero-order valence-electron chi connectivity index (χ0n) is 10.2. The molecule has 0 aliphatic carbocycles. The molecule has 1 aromatic carbocycles. The molecule has 1 heterocycles. The van der Waals surface area contributed by atoms with E-state index in [0.29, 0.717) is 6.54 Å². The van der Waals surface area contributed by atoms with Crippen LogP contribution < -0.4 is 5.14 Å². The highest BCUT2D eigenvalue weighted by molar-refractivity contribution is 7.89. The first-order valence-corrected chi connectivity index (χ1v) is 7.38. The van der Waals surface area contributed by atoms with E-state index in [4.69, 9.17) is 5.14 Å². The highest BCUT2D eigenvalue weighted by Crippen LogP contribution is 2.22. The molecule has 0 aromatic heterocycles. The van der Waals surface area contributed by atoms with Crippen molar-refractivity contribution in [2.24, 2.45) is 5.14 Å². The topological polar surface area (TPSA) is 80.5 Å². The van der Waals surface area contributed by atoms with Gasteiger partial charge < -0.3 is 4.90 Å². The predicted octanol–water partition coefficient (Wildman–Crippen LogP) is 0.959. The second-order valence-corrected chi connectivity index (χ2v) is 6.06. The Morgan fingerprint density at radius 1 is 1.39 bits per heavy atom. The fraction of sp³-hybridized carbons (Fsp3) is 0.417. The van der Waals surface area contributed by atoms with Crippen LogP contribution in [0.4, 0.5) is 0 Å². The number of amides is 1. The van der Waals surface area contributed by atoms with Gasteiger partial charge in [-0.3, -0.25) is 4.79 Å². The van der Waals surface area contributed by atoms with Crippen molar-refractivity contribution in [2.75, 3.05) is 6.54 Å². The minimum Gasteiger partial charge on any atom is -0.336 e. The molecule has 0 saturated carbocycles. The van der Waals surface area contributed by atoms with Gasteiger partial charge in [-0.25, -0.2) is 13.6 Å². The number of hydrogen-bond acceptors (Lipinski definition) is 3. The van der Waals surface area contributed by atoms with Crippen LogP contribution in [0.25, 0.3) is 0 Å². The molecule has 98 valence electrons. The molecule has 6 heteroatoms. The third kappa shape index (κ3) is 2.39. The number of hydrogen-bond donors (Lipinski definition) is 1. The van der Waals surface area contributed by atoms with E-state index in [1.807, 2.05) is 6.92 Å². The minimum absolute atomic E-state index is 0.103. The first-order chi connectivity index (χ1) is 8.41. The van der Waals surface area contributed by atoms with Crippen LogP contribution in [0.3, 0.4) is 0 Å². The van der Waals surface area contributed by atoms with Gasteiger partial charge in [0.25, 0.3) is 5.91 Å². The first-order valence-electron chi connectivity index (χ1n) is 5.84. The van der Waals surface area contributed by atoms with Gasteiger partial charge in [-0.15, -0.1) is 0 Å². The van der Waals surface area contributed by atoms with E-state index in [1.165, 1.54) is 12.1 Å². The van der Waals surface area contributed by atoms with E-state index in [2.05, 4.69) is 0 Å². The summed E-state index contributed by atoms with van der Waals surface area (Å²) in [6.45, 7) is 2.63. The lowest BCUT2D eigenvalue weighted by molar-refractivity contribution is 0.0743. The molecule has 5 nitrogen and oxygen atoms in total. The Bertz CT molecular complexity index is 568. The second-order valence-electron chi connectivity index (χ2n) is 4.53. The lowest BCUT2D eigenvalue weighted by Gasteiger charge is -2.22. The molecule has 0 bridgehead atoms. The minimum atomic E-state index is -3.87. The molecule has 1 fully saturated rings. The Balaban J connectivity index is 2.43. The van der Waals surface area contributed by atoms with Crippen molar-refractivity contribution in [1.29, 1.82) is 0 Å². The molecule has 0 spiro atoms. The summed E-state index contributed by atoms with van der Waals surface area (Å²) in [6, 6.07) is 6.22. The molecule has 1 saturated heterocycles. The molecule has 1 aliphatic rings. The van der Waals surface area contributed by atoms with E-state index < -0.39 is 10.0 Å². The molecule has 0 radical (unpaired) electrons. The molecule has 1 aliphatic heterocycles. The Hall–Kier alpha value is -1.40. The van der Waals surface area contributed by atoms with Gasteiger partial charge in [-0.1, -0.05) is 12.1 Å². The van der Waals surface area contributed by atoms with E-state index in [9.17, 15) is 13.2 Å². The van der Waals surface area contributed by atoms with Crippen LogP contribution in [0, 0.1) is 0 Å². The van der Waals surface area contributed by atoms with Gasteiger partial charge in [-0.05, 0) is 31.9 Å². The van der Waals surface area contributed by atoms with Crippen LogP contribution in [-0.4, -0.2) is 31.8 Å². The zero-order valence-corrected chi connectivity index (χ0v) is 11.0. The normalized spacial score (nSPS) is 20.1. The quantitative estimate of drug-likeness (QED) is 0.867. The number of carbonyl (C=O) groups is 1. The summed E-state index contributed by atoms with van der Waals surface area (Å²) in [4.78, 5) is 13.9. The highest BCUT2D eigenvalue weighted by Gasteiger charge is 2.29. The molecule has 2 N–H and O–H groups in total. The fourth-order valence-corrected chi connectivity index (χ4v) is 3.01. The van der Waals surface area contributed by atoms with Crippen LogP contribution in [0.15, 0.2) is 29.2 Å². The number of nitrogens with zero attached hydrogens (tertiary/aromatic N) is 1. The number of sulfonamides is 1. The first kappa shape index (κ1) is 13.0. The number of carbonyl (C=O) groups excluding carboxylic acids is 1. The smallest absolute Gasteiger partial charge is 0.255 e. The van der Waals surface area contributed by atoms with Crippen LogP contribution in [0.5, 0.6) is 0 Å². The largest absolute Gasteiger partial charge is 0.336 e. The molecule has 2 rings (SSSR count). The summed E-state index contributed by atoms with van der Waals surface area (Å²) >= 11 is 0. The Kier molecular flexibility index (Phi) is 3.41. The molecule has 1 unspecified atom stereocenters. The molecule has 1 amide bonds. The van der Waals surface area contributed by atoms with Gasteiger partial charge in [-0.2, -0.15) is 0 Å². The molecule has 1 aromatic rings. The standard InChI is InChI=1S/C12H16N2O3S/c1-9-5-4-8-14(9)12(15)10-6-2-3-7-11(10)18(13,16)17/h2-3,6-7,9H,4-5,8H2,1H3,(H2,13,16,17). The van der Waals surface area contributed by atoms with Gasteiger partial charge in [0.2, 0.25) is 10.0 Å². The average Bonchev–Trinajstić information content (AvgIpc) is 2.73. The highest BCUT2D eigenvalue weighted by atomic mass is 32.2. The maximum Gasteiger partial charge on any atom is 0.255 e. The summed E-state index contributed by atoms with van der Waals surface area (Å²) < 4.78 is 22.9. The lowest BCUT2D eigenvalue weighted by Crippen LogP contribution is -2.34. The van der Waals surface area contributed by atoms with Crippen molar-refractivity contribution < 1.29 is 13.2 Å². The number of primary sulfonamides is 1. The maximum absolute atomic E-state index is 12.3. The molecule has 18 heavy (non-hydrogen) atoms. The second kappa shape index (κ2) is 4.70. The average molecular weight is 268 g/mol. The Morgan fingerprint density at radius 2 is 2.06 bits per heavy atom. The summed E-state index contributed by atoms with van der Waals surface area (Å²) in [5, 5.41) is 5.13. The number of rotatable bonds is 2. The van der Waals surface area contributed by atoms with Crippen molar-refractivity contribution in [3.05, 3.63) is 29.8 Å². The molecular weight excluding hydrogens is 252 g/mol. The van der Waals surface area contributed by atoms with E-state index in [0.717, 1.165) is 12.8 Å². The number of nitrogens with two attached hydrogens (primary N) is 1. The summed E-state index contributed by atoms with van der Waals surface area (Å²) in [6.07, 6.45) is 1.90.